The molecule has 9 heteroatoms. The Hall–Kier alpha value is -1.77. The second-order valence-electron chi connectivity index (χ2n) is 3.99. The molecule has 0 spiro atoms. The quantitative estimate of drug-likeness (QED) is 0.769. The standard InChI is InChI=1S/C11H15ClN6O2/c1-20-7-8(3-6-19)14-10-15-9(12)16-11(17-10)18-5-2-4-13-18/h2,4-5,8,19H,3,6-7H2,1H3,(H,14,15,16,17). The van der Waals surface area contributed by atoms with Crippen LogP contribution in [0.5, 0.6) is 0 Å². The van der Waals surface area contributed by atoms with E-state index in [0.717, 1.165) is 0 Å². The molecule has 0 saturated heterocycles. The van der Waals surface area contributed by atoms with Crippen LogP contribution < -0.4 is 5.32 Å². The molecule has 0 aliphatic rings. The molecule has 1 atom stereocenters. The lowest BCUT2D eigenvalue weighted by atomic mass is 10.2. The molecule has 20 heavy (non-hydrogen) atoms. The van der Waals surface area contributed by atoms with E-state index in [1.54, 1.807) is 25.6 Å². The summed E-state index contributed by atoms with van der Waals surface area (Å²) < 4.78 is 6.55. The normalized spacial score (nSPS) is 12.3. The molecule has 0 bridgehead atoms. The number of rotatable bonds is 7. The van der Waals surface area contributed by atoms with E-state index in [4.69, 9.17) is 21.4 Å². The highest BCUT2D eigenvalue weighted by Gasteiger charge is 2.12. The average Bonchev–Trinajstić information content (AvgIpc) is 2.92. The lowest BCUT2D eigenvalue weighted by Gasteiger charge is -2.16. The molecular weight excluding hydrogens is 284 g/mol. The van der Waals surface area contributed by atoms with E-state index >= 15 is 0 Å². The van der Waals surface area contributed by atoms with Crippen LogP contribution in [-0.4, -0.2) is 56.2 Å². The van der Waals surface area contributed by atoms with Gasteiger partial charge in [0.25, 0.3) is 5.95 Å². The maximum atomic E-state index is 9.01. The lowest BCUT2D eigenvalue weighted by molar-refractivity contribution is 0.170. The summed E-state index contributed by atoms with van der Waals surface area (Å²) in [6.45, 7) is 0.451. The number of nitrogens with one attached hydrogen (secondary N) is 1. The van der Waals surface area contributed by atoms with Crippen LogP contribution in [0.1, 0.15) is 6.42 Å². The van der Waals surface area contributed by atoms with Crippen molar-refractivity contribution in [2.45, 2.75) is 12.5 Å². The van der Waals surface area contributed by atoms with Crippen molar-refractivity contribution in [2.24, 2.45) is 0 Å². The summed E-state index contributed by atoms with van der Waals surface area (Å²) in [6, 6.07) is 1.64. The fourth-order valence-corrected chi connectivity index (χ4v) is 1.79. The van der Waals surface area contributed by atoms with E-state index in [-0.39, 0.29) is 17.9 Å². The molecule has 0 amide bonds. The number of aliphatic hydroxyl groups is 1. The number of hydrogen-bond acceptors (Lipinski definition) is 7. The highest BCUT2D eigenvalue weighted by atomic mass is 35.5. The number of hydrogen-bond donors (Lipinski definition) is 2. The van der Waals surface area contributed by atoms with Crippen LogP contribution in [0.4, 0.5) is 5.95 Å². The first-order chi connectivity index (χ1) is 9.72. The number of aromatic nitrogens is 5. The fraction of sp³-hybridized carbons (Fsp3) is 0.455. The average molecular weight is 299 g/mol. The van der Waals surface area contributed by atoms with Gasteiger partial charge >= 0.3 is 0 Å². The molecule has 108 valence electrons. The van der Waals surface area contributed by atoms with Crippen LogP contribution in [0.15, 0.2) is 18.5 Å². The molecular formula is C11H15ClN6O2. The summed E-state index contributed by atoms with van der Waals surface area (Å²) in [4.78, 5) is 12.2. The van der Waals surface area contributed by atoms with Crippen molar-refractivity contribution in [2.75, 3.05) is 25.6 Å². The van der Waals surface area contributed by atoms with Gasteiger partial charge in [0.1, 0.15) is 0 Å². The minimum absolute atomic E-state index is 0.0336. The van der Waals surface area contributed by atoms with Crippen LogP contribution >= 0.6 is 11.6 Å². The van der Waals surface area contributed by atoms with Gasteiger partial charge in [-0.25, -0.2) is 4.68 Å². The first kappa shape index (κ1) is 14.6. The van der Waals surface area contributed by atoms with Crippen molar-refractivity contribution in [3.8, 4) is 5.95 Å². The largest absolute Gasteiger partial charge is 0.396 e. The lowest BCUT2D eigenvalue weighted by Crippen LogP contribution is -2.27. The number of halogens is 1. The Balaban J connectivity index is 2.19. The summed E-state index contributed by atoms with van der Waals surface area (Å²) in [7, 11) is 1.58. The van der Waals surface area contributed by atoms with Gasteiger partial charge in [-0.1, -0.05) is 0 Å². The van der Waals surface area contributed by atoms with Crippen LogP contribution in [0.2, 0.25) is 5.28 Å². The Kier molecular flexibility index (Phi) is 5.22. The van der Waals surface area contributed by atoms with E-state index in [9.17, 15) is 0 Å². The maximum absolute atomic E-state index is 9.01. The first-order valence-corrected chi connectivity index (χ1v) is 6.38. The Morgan fingerprint density at radius 2 is 2.30 bits per heavy atom. The van der Waals surface area contributed by atoms with Gasteiger partial charge in [-0.3, -0.25) is 0 Å². The third-order valence-corrected chi connectivity index (χ3v) is 2.65. The highest BCUT2D eigenvalue weighted by Crippen LogP contribution is 2.11. The van der Waals surface area contributed by atoms with Crippen LogP contribution in [-0.2, 0) is 4.74 Å². The zero-order chi connectivity index (χ0) is 14.4. The second-order valence-corrected chi connectivity index (χ2v) is 4.33. The van der Waals surface area contributed by atoms with Gasteiger partial charge in [0.05, 0.1) is 12.6 Å². The molecule has 0 aromatic carbocycles. The predicted octanol–water partition coefficient (Wildman–Crippen LogP) is 0.520. The van der Waals surface area contributed by atoms with E-state index < -0.39 is 0 Å². The SMILES string of the molecule is COCC(CCO)Nc1nc(Cl)nc(-n2cccn2)n1. The van der Waals surface area contributed by atoms with Crippen LogP contribution in [0.3, 0.4) is 0 Å². The van der Waals surface area contributed by atoms with E-state index in [1.165, 1.54) is 4.68 Å². The summed E-state index contributed by atoms with van der Waals surface area (Å²) in [5.41, 5.74) is 0. The molecule has 0 aliphatic heterocycles. The molecule has 2 N–H and O–H groups in total. The Morgan fingerprint density at radius 3 is 2.95 bits per heavy atom. The molecule has 2 aromatic rings. The summed E-state index contributed by atoms with van der Waals surface area (Å²) in [6.07, 6.45) is 3.83. The van der Waals surface area contributed by atoms with Crippen LogP contribution in [0, 0.1) is 0 Å². The topological polar surface area (TPSA) is 98.0 Å². The van der Waals surface area contributed by atoms with Crippen LogP contribution in [0.25, 0.3) is 5.95 Å². The van der Waals surface area contributed by atoms with Gasteiger partial charge in [0.2, 0.25) is 11.2 Å². The number of anilines is 1. The highest BCUT2D eigenvalue weighted by molar-refractivity contribution is 6.28. The molecule has 0 aliphatic carbocycles. The van der Waals surface area contributed by atoms with Gasteiger partial charge < -0.3 is 15.2 Å². The third-order valence-electron chi connectivity index (χ3n) is 2.48. The molecule has 0 fully saturated rings. The number of aliphatic hydroxyl groups excluding tert-OH is 1. The van der Waals surface area contributed by atoms with Crippen molar-refractivity contribution >= 4 is 17.5 Å². The fourth-order valence-electron chi connectivity index (χ4n) is 1.63. The Bertz CT molecular complexity index is 530. The first-order valence-electron chi connectivity index (χ1n) is 6.01. The molecule has 0 saturated carbocycles. The van der Waals surface area contributed by atoms with Gasteiger partial charge in [0, 0.05) is 26.1 Å². The zero-order valence-electron chi connectivity index (χ0n) is 10.9. The van der Waals surface area contributed by atoms with E-state index in [2.05, 4.69) is 25.4 Å². The summed E-state index contributed by atoms with van der Waals surface area (Å²) >= 11 is 5.88. The predicted molar refractivity (Wildman–Crippen MR) is 72.9 cm³/mol. The number of ether oxygens (including phenoxy) is 1. The number of nitrogens with zero attached hydrogens (tertiary/aromatic N) is 5. The Morgan fingerprint density at radius 1 is 1.45 bits per heavy atom. The summed E-state index contributed by atoms with van der Waals surface area (Å²) in [5, 5.41) is 16.2. The molecule has 2 heterocycles. The summed E-state index contributed by atoms with van der Waals surface area (Å²) in [5.74, 6) is 0.628. The Labute approximate surface area is 120 Å². The van der Waals surface area contributed by atoms with Crippen molar-refractivity contribution in [1.29, 1.82) is 0 Å². The molecule has 8 nitrogen and oxygen atoms in total. The van der Waals surface area contributed by atoms with E-state index in [1.807, 2.05) is 0 Å². The maximum Gasteiger partial charge on any atom is 0.256 e. The molecule has 1 unspecified atom stereocenters. The molecule has 0 radical (unpaired) electrons. The molecule has 2 rings (SSSR count). The van der Waals surface area contributed by atoms with Crippen molar-refractivity contribution < 1.29 is 9.84 Å². The monoisotopic (exact) mass is 298 g/mol. The minimum Gasteiger partial charge on any atom is -0.396 e. The van der Waals surface area contributed by atoms with Gasteiger partial charge in [-0.2, -0.15) is 20.1 Å². The van der Waals surface area contributed by atoms with E-state index in [0.29, 0.717) is 24.9 Å². The van der Waals surface area contributed by atoms with Crippen molar-refractivity contribution in [3.05, 3.63) is 23.7 Å². The minimum atomic E-state index is -0.117. The number of methoxy groups -OCH3 is 1. The van der Waals surface area contributed by atoms with Gasteiger partial charge in [-0.15, -0.1) is 0 Å². The smallest absolute Gasteiger partial charge is 0.256 e. The van der Waals surface area contributed by atoms with Gasteiger partial charge in [-0.05, 0) is 24.1 Å². The van der Waals surface area contributed by atoms with Gasteiger partial charge in [0.15, 0.2) is 0 Å². The second kappa shape index (κ2) is 7.13. The molecule has 2 aromatic heterocycles. The third kappa shape index (κ3) is 3.86. The zero-order valence-corrected chi connectivity index (χ0v) is 11.7. The van der Waals surface area contributed by atoms with Crippen molar-refractivity contribution in [3.63, 3.8) is 0 Å². The van der Waals surface area contributed by atoms with Crippen molar-refractivity contribution in [1.82, 2.24) is 24.7 Å².